The topological polar surface area (TPSA) is 87.6 Å². The minimum absolute atomic E-state index is 0.274. The monoisotopic (exact) mass is 412 g/mol. The fraction of sp³-hybridized carbons (Fsp3) is 0.188. The number of nitrogens with one attached hydrogen (secondary N) is 3. The molecular formula is C16H15Cl3N6O. The molecule has 0 radical (unpaired) electrons. The number of hydrogen-bond donors (Lipinski definition) is 3. The quantitative estimate of drug-likeness (QED) is 0.561. The number of carbonyl (C=O) groups is 1. The zero-order valence-electron chi connectivity index (χ0n) is 14.1. The Kier molecular flexibility index (Phi) is 5.13. The molecule has 1 amide bonds. The molecule has 2 aromatic heterocycles. The molecule has 3 N–H and O–H groups in total. The number of nitrogens with zero attached hydrogens (tertiary/aromatic N) is 3. The third-order valence-corrected chi connectivity index (χ3v) is 4.71. The van der Waals surface area contributed by atoms with E-state index in [2.05, 4.69) is 26.1 Å². The molecule has 0 saturated heterocycles. The van der Waals surface area contributed by atoms with E-state index in [4.69, 9.17) is 34.8 Å². The highest BCUT2D eigenvalue weighted by molar-refractivity contribution is 6.41. The van der Waals surface area contributed by atoms with Crippen molar-refractivity contribution in [3.8, 4) is 11.3 Å². The summed E-state index contributed by atoms with van der Waals surface area (Å²) in [7, 11) is 1.86. The summed E-state index contributed by atoms with van der Waals surface area (Å²) in [6.07, 6.45) is 0. The van der Waals surface area contributed by atoms with E-state index < -0.39 is 5.91 Å². The van der Waals surface area contributed by atoms with Gasteiger partial charge in [-0.2, -0.15) is 10.2 Å². The van der Waals surface area contributed by atoms with Gasteiger partial charge in [0, 0.05) is 23.3 Å². The number of halogens is 3. The molecule has 2 heterocycles. The summed E-state index contributed by atoms with van der Waals surface area (Å²) >= 11 is 18.0. The van der Waals surface area contributed by atoms with Crippen molar-refractivity contribution in [2.75, 3.05) is 5.43 Å². The zero-order valence-corrected chi connectivity index (χ0v) is 16.4. The van der Waals surface area contributed by atoms with Crippen molar-refractivity contribution >= 4 is 46.4 Å². The van der Waals surface area contributed by atoms with Gasteiger partial charge in [0.25, 0.3) is 5.91 Å². The third-order valence-electron chi connectivity index (χ3n) is 3.90. The first-order valence-electron chi connectivity index (χ1n) is 7.54. The van der Waals surface area contributed by atoms with E-state index in [9.17, 15) is 4.79 Å². The molecule has 0 aliphatic heterocycles. The maximum atomic E-state index is 12.3. The highest BCUT2D eigenvalue weighted by Gasteiger charge is 2.17. The second kappa shape index (κ2) is 7.19. The van der Waals surface area contributed by atoms with Crippen molar-refractivity contribution in [3.05, 3.63) is 50.3 Å². The van der Waals surface area contributed by atoms with Crippen LogP contribution in [0, 0.1) is 13.8 Å². The lowest BCUT2D eigenvalue weighted by atomic mass is 10.1. The summed E-state index contributed by atoms with van der Waals surface area (Å²) in [6, 6.07) is 4.69. The Morgan fingerprint density at radius 3 is 2.38 bits per heavy atom. The van der Waals surface area contributed by atoms with Gasteiger partial charge < -0.3 is 0 Å². The SMILES string of the molecule is Cc1nn(C)c(C)c1-c1cc(C(=O)NNc2c(Cl)cc(Cl)cc2Cl)[nH]n1. The lowest BCUT2D eigenvalue weighted by Gasteiger charge is -2.11. The molecule has 0 aliphatic rings. The molecule has 0 atom stereocenters. The molecule has 0 fully saturated rings. The normalized spacial score (nSPS) is 10.8. The lowest BCUT2D eigenvalue weighted by Crippen LogP contribution is -2.29. The van der Waals surface area contributed by atoms with Crippen LogP contribution >= 0.6 is 34.8 Å². The summed E-state index contributed by atoms with van der Waals surface area (Å²) in [4.78, 5) is 12.3. The molecule has 0 saturated carbocycles. The van der Waals surface area contributed by atoms with E-state index in [1.54, 1.807) is 10.7 Å². The Bertz CT molecular complexity index is 971. The molecule has 10 heteroatoms. The van der Waals surface area contributed by atoms with Crippen molar-refractivity contribution in [3.63, 3.8) is 0 Å². The Morgan fingerprint density at radius 2 is 1.81 bits per heavy atom. The highest BCUT2D eigenvalue weighted by atomic mass is 35.5. The van der Waals surface area contributed by atoms with Gasteiger partial charge in [0.05, 0.1) is 27.1 Å². The van der Waals surface area contributed by atoms with Gasteiger partial charge in [-0.1, -0.05) is 34.8 Å². The number of hydrogen-bond acceptors (Lipinski definition) is 4. The first-order valence-corrected chi connectivity index (χ1v) is 8.68. The van der Waals surface area contributed by atoms with Gasteiger partial charge in [-0.3, -0.25) is 25.4 Å². The molecule has 0 aliphatic carbocycles. The smallest absolute Gasteiger partial charge is 0.287 e. The molecular weight excluding hydrogens is 399 g/mol. The number of hydrazine groups is 1. The van der Waals surface area contributed by atoms with Crippen molar-refractivity contribution in [2.24, 2.45) is 7.05 Å². The fourth-order valence-electron chi connectivity index (χ4n) is 2.56. The van der Waals surface area contributed by atoms with Gasteiger partial charge in [0.2, 0.25) is 0 Å². The summed E-state index contributed by atoms with van der Waals surface area (Å²) in [5.74, 6) is -0.426. The van der Waals surface area contributed by atoms with Crippen LogP contribution in [0.2, 0.25) is 15.1 Å². The molecule has 7 nitrogen and oxygen atoms in total. The zero-order chi connectivity index (χ0) is 19.0. The molecule has 3 aromatic rings. The van der Waals surface area contributed by atoms with Gasteiger partial charge in [-0.05, 0) is 32.0 Å². The van der Waals surface area contributed by atoms with Crippen LogP contribution in [0.3, 0.4) is 0 Å². The number of H-pyrrole nitrogens is 1. The predicted molar refractivity (Wildman–Crippen MR) is 103 cm³/mol. The summed E-state index contributed by atoms with van der Waals surface area (Å²) in [5.41, 5.74) is 9.16. The summed E-state index contributed by atoms with van der Waals surface area (Å²) < 4.78 is 1.77. The molecule has 0 spiro atoms. The van der Waals surface area contributed by atoms with Crippen molar-refractivity contribution < 1.29 is 4.79 Å². The Labute approximate surface area is 164 Å². The predicted octanol–water partition coefficient (Wildman–Crippen LogP) is 4.14. The van der Waals surface area contributed by atoms with Crippen LogP contribution in [-0.2, 0) is 7.05 Å². The first kappa shape index (κ1) is 18.6. The Balaban J connectivity index is 1.77. The van der Waals surface area contributed by atoms with Crippen LogP contribution in [-0.4, -0.2) is 25.9 Å². The lowest BCUT2D eigenvalue weighted by molar-refractivity contribution is 0.0957. The second-order valence-electron chi connectivity index (χ2n) is 5.66. The third kappa shape index (κ3) is 3.51. The first-order chi connectivity index (χ1) is 12.3. The van der Waals surface area contributed by atoms with Crippen LogP contribution in [0.5, 0.6) is 0 Å². The largest absolute Gasteiger partial charge is 0.295 e. The average Bonchev–Trinajstić information content (AvgIpc) is 3.11. The molecule has 0 unspecified atom stereocenters. The number of amides is 1. The molecule has 3 rings (SSSR count). The number of benzene rings is 1. The molecule has 0 bridgehead atoms. The number of anilines is 1. The van der Waals surface area contributed by atoms with Gasteiger partial charge in [-0.15, -0.1) is 0 Å². The molecule has 26 heavy (non-hydrogen) atoms. The van der Waals surface area contributed by atoms with Crippen molar-refractivity contribution in [2.45, 2.75) is 13.8 Å². The number of carbonyl (C=O) groups excluding carboxylic acids is 1. The van der Waals surface area contributed by atoms with E-state index in [0.717, 1.165) is 17.0 Å². The maximum Gasteiger partial charge on any atom is 0.287 e. The highest BCUT2D eigenvalue weighted by Crippen LogP contribution is 2.33. The number of aryl methyl sites for hydroxylation is 2. The average molecular weight is 414 g/mol. The van der Waals surface area contributed by atoms with Crippen LogP contribution in [0.4, 0.5) is 5.69 Å². The van der Waals surface area contributed by atoms with E-state index in [0.29, 0.717) is 16.4 Å². The number of aromatic nitrogens is 4. The van der Waals surface area contributed by atoms with Crippen LogP contribution in [0.15, 0.2) is 18.2 Å². The molecule has 1 aromatic carbocycles. The van der Waals surface area contributed by atoms with Gasteiger partial charge in [0.1, 0.15) is 5.69 Å². The van der Waals surface area contributed by atoms with E-state index in [1.165, 1.54) is 12.1 Å². The fourth-order valence-corrected chi connectivity index (χ4v) is 3.47. The van der Waals surface area contributed by atoms with Crippen molar-refractivity contribution in [1.82, 2.24) is 25.4 Å². The standard InChI is InChI=1S/C16H15Cl3N6O/c1-7-14(8(2)25(3)24-7)12-6-13(21-20-12)16(26)23-22-15-10(18)4-9(17)5-11(15)19/h4-6,22H,1-3H3,(H,20,21)(H,23,26). The van der Waals surface area contributed by atoms with Crippen molar-refractivity contribution in [1.29, 1.82) is 0 Å². The molecule has 136 valence electrons. The number of rotatable bonds is 4. The minimum Gasteiger partial charge on any atom is -0.295 e. The van der Waals surface area contributed by atoms with E-state index in [1.807, 2.05) is 20.9 Å². The van der Waals surface area contributed by atoms with E-state index >= 15 is 0 Å². The van der Waals surface area contributed by atoms with Crippen LogP contribution in [0.1, 0.15) is 21.9 Å². The summed E-state index contributed by atoms with van der Waals surface area (Å²) in [5, 5.41) is 12.3. The van der Waals surface area contributed by atoms with E-state index in [-0.39, 0.29) is 15.7 Å². The van der Waals surface area contributed by atoms with Gasteiger partial charge in [-0.25, -0.2) is 0 Å². The number of aromatic amines is 1. The minimum atomic E-state index is -0.426. The summed E-state index contributed by atoms with van der Waals surface area (Å²) in [6.45, 7) is 3.83. The van der Waals surface area contributed by atoms with Gasteiger partial charge >= 0.3 is 0 Å². The van der Waals surface area contributed by atoms with Crippen LogP contribution < -0.4 is 10.9 Å². The maximum absolute atomic E-state index is 12.3. The Morgan fingerprint density at radius 1 is 1.15 bits per heavy atom. The van der Waals surface area contributed by atoms with Gasteiger partial charge in [0.15, 0.2) is 0 Å². The van der Waals surface area contributed by atoms with Crippen LogP contribution in [0.25, 0.3) is 11.3 Å². The Hall–Kier alpha value is -2.22. The second-order valence-corrected chi connectivity index (χ2v) is 6.91.